The summed E-state index contributed by atoms with van der Waals surface area (Å²) in [5.74, 6) is 1.47. The van der Waals surface area contributed by atoms with Crippen LogP contribution in [0.5, 0.6) is 0 Å². The zero-order valence-electron chi connectivity index (χ0n) is 10.0. The van der Waals surface area contributed by atoms with Crippen LogP contribution in [0.1, 0.15) is 41.0 Å². The summed E-state index contributed by atoms with van der Waals surface area (Å²) in [5.41, 5.74) is 1.59. The number of thioether (sulfide) groups is 1. The fourth-order valence-electron chi connectivity index (χ4n) is 1.35. The van der Waals surface area contributed by atoms with Gasteiger partial charge < -0.3 is 0 Å². The van der Waals surface area contributed by atoms with Crippen molar-refractivity contribution >= 4 is 11.8 Å². The zero-order valence-corrected chi connectivity index (χ0v) is 10.8. The summed E-state index contributed by atoms with van der Waals surface area (Å²) in [6.45, 7) is 11.5. The summed E-state index contributed by atoms with van der Waals surface area (Å²) in [4.78, 5) is 1.48. The third kappa shape index (κ3) is 3.20. The van der Waals surface area contributed by atoms with E-state index in [2.05, 4.69) is 46.8 Å². The Morgan fingerprint density at radius 3 is 2.21 bits per heavy atom. The monoisotopic (exact) mass is 210 g/mol. The smallest absolute Gasteiger partial charge is 0.00889 e. The van der Waals surface area contributed by atoms with Gasteiger partial charge in [-0.05, 0) is 24.3 Å². The lowest BCUT2D eigenvalue weighted by molar-refractivity contribution is 0.643. The van der Waals surface area contributed by atoms with E-state index in [-0.39, 0.29) is 0 Å². The Morgan fingerprint density at radius 1 is 1.14 bits per heavy atom. The molecule has 0 bridgehead atoms. The van der Waals surface area contributed by atoms with Gasteiger partial charge >= 0.3 is 0 Å². The molecule has 0 saturated carbocycles. The van der Waals surface area contributed by atoms with Gasteiger partial charge in [0.1, 0.15) is 0 Å². The minimum absolute atomic E-state index is 0.707. The molecule has 1 rings (SSSR count). The molecule has 0 spiro atoms. The molecule has 1 heteroatoms. The van der Waals surface area contributed by atoms with E-state index in [1.54, 1.807) is 5.57 Å². The van der Waals surface area contributed by atoms with Crippen molar-refractivity contribution in [2.45, 2.75) is 46.3 Å². The molecular weight excluding hydrogens is 188 g/mol. The van der Waals surface area contributed by atoms with Gasteiger partial charge in [-0.1, -0.05) is 46.3 Å². The van der Waals surface area contributed by atoms with Crippen molar-refractivity contribution in [3.63, 3.8) is 0 Å². The predicted molar refractivity (Wildman–Crippen MR) is 67.5 cm³/mol. The Kier molecular flexibility index (Phi) is 4.31. The number of hydrogen-bond acceptors (Lipinski definition) is 1. The van der Waals surface area contributed by atoms with Crippen molar-refractivity contribution in [1.82, 2.24) is 0 Å². The molecule has 0 heterocycles. The molecule has 0 aromatic carbocycles. The van der Waals surface area contributed by atoms with Crippen LogP contribution in [0.25, 0.3) is 0 Å². The highest BCUT2D eigenvalue weighted by Gasteiger charge is 2.14. The molecule has 1 aliphatic carbocycles. The average Bonchev–Trinajstić information content (AvgIpc) is 2.52. The second kappa shape index (κ2) is 5.06. The van der Waals surface area contributed by atoms with Gasteiger partial charge in [0.2, 0.25) is 0 Å². The molecule has 0 fully saturated rings. The first-order chi connectivity index (χ1) is 6.50. The molecule has 0 aliphatic heterocycles. The van der Waals surface area contributed by atoms with Gasteiger partial charge in [0.25, 0.3) is 0 Å². The van der Waals surface area contributed by atoms with E-state index in [9.17, 15) is 0 Å². The van der Waals surface area contributed by atoms with Gasteiger partial charge in [0.15, 0.2) is 0 Å². The Labute approximate surface area is 92.9 Å². The highest BCUT2D eigenvalue weighted by Crippen LogP contribution is 2.34. The highest BCUT2D eigenvalue weighted by molar-refractivity contribution is 8.03. The molecule has 1 aliphatic rings. The molecule has 0 nitrogen and oxygen atoms in total. The number of hydrogen-bond donors (Lipinski definition) is 0. The molecule has 14 heavy (non-hydrogen) atoms. The second-order valence-corrected chi connectivity index (χ2v) is 6.20. The Hall–Kier alpha value is -0.170. The van der Waals surface area contributed by atoms with Crippen LogP contribution in [0, 0.1) is 11.8 Å². The Bertz CT molecular complexity index is 246. The van der Waals surface area contributed by atoms with Crippen LogP contribution in [-0.2, 0) is 0 Å². The maximum atomic E-state index is 2.38. The van der Waals surface area contributed by atoms with Gasteiger partial charge in [0.05, 0.1) is 0 Å². The predicted octanol–water partition coefficient (Wildman–Crippen LogP) is 4.63. The molecule has 1 atom stereocenters. The van der Waals surface area contributed by atoms with Crippen molar-refractivity contribution in [3.8, 4) is 0 Å². The topological polar surface area (TPSA) is 0 Å². The van der Waals surface area contributed by atoms with E-state index in [4.69, 9.17) is 0 Å². The molecule has 0 amide bonds. The third-order valence-corrected chi connectivity index (χ3v) is 4.34. The lowest BCUT2D eigenvalue weighted by Crippen LogP contribution is -2.05. The molecule has 0 N–H and O–H groups in total. The van der Waals surface area contributed by atoms with Crippen LogP contribution < -0.4 is 0 Å². The number of rotatable bonds is 4. The fourth-order valence-corrected chi connectivity index (χ4v) is 2.45. The molecule has 0 radical (unpaired) electrons. The van der Waals surface area contributed by atoms with Gasteiger partial charge in [-0.25, -0.2) is 0 Å². The molecule has 80 valence electrons. The fraction of sp³-hybridized carbons (Fsp3) is 0.692. The minimum Gasteiger partial charge on any atom is -0.123 e. The summed E-state index contributed by atoms with van der Waals surface area (Å²) in [5, 5.41) is 0.726. The summed E-state index contributed by atoms with van der Waals surface area (Å²) in [7, 11) is 0. The Balaban J connectivity index is 2.49. The maximum Gasteiger partial charge on any atom is 0.00889 e. The summed E-state index contributed by atoms with van der Waals surface area (Å²) in [6, 6.07) is 0. The summed E-state index contributed by atoms with van der Waals surface area (Å²) in [6.07, 6.45) is 5.93. The van der Waals surface area contributed by atoms with Crippen molar-refractivity contribution in [2.75, 3.05) is 0 Å². The van der Waals surface area contributed by atoms with Crippen molar-refractivity contribution in [1.29, 1.82) is 0 Å². The molecular formula is C13H22S. The largest absolute Gasteiger partial charge is 0.123 e. The summed E-state index contributed by atoms with van der Waals surface area (Å²) < 4.78 is 0. The molecule has 0 aromatic heterocycles. The van der Waals surface area contributed by atoms with E-state index in [1.807, 2.05) is 11.8 Å². The third-order valence-electron chi connectivity index (χ3n) is 2.87. The van der Waals surface area contributed by atoms with E-state index < -0.39 is 0 Å². The summed E-state index contributed by atoms with van der Waals surface area (Å²) >= 11 is 2.02. The quantitative estimate of drug-likeness (QED) is 0.651. The first kappa shape index (κ1) is 11.9. The molecule has 0 saturated heterocycles. The number of allylic oxidation sites excluding steroid dienone is 3. The van der Waals surface area contributed by atoms with Gasteiger partial charge in [-0.3, -0.25) is 0 Å². The van der Waals surface area contributed by atoms with Crippen LogP contribution in [0.15, 0.2) is 22.6 Å². The van der Waals surface area contributed by atoms with E-state index in [0.717, 1.165) is 11.2 Å². The Morgan fingerprint density at radius 2 is 1.79 bits per heavy atom. The maximum absolute atomic E-state index is 2.38. The molecule has 1 unspecified atom stereocenters. The standard InChI is InChI=1S/C13H22S/c1-9(2)11(5)14-13-7-6-12(8-13)10(3)4/h7-11H,6H2,1-5H3. The van der Waals surface area contributed by atoms with Crippen LogP contribution in [0.3, 0.4) is 0 Å². The minimum atomic E-state index is 0.707. The van der Waals surface area contributed by atoms with E-state index in [1.165, 1.54) is 11.3 Å². The van der Waals surface area contributed by atoms with Crippen molar-refractivity contribution in [2.24, 2.45) is 11.8 Å². The van der Waals surface area contributed by atoms with E-state index in [0.29, 0.717) is 5.92 Å². The van der Waals surface area contributed by atoms with Crippen molar-refractivity contribution < 1.29 is 0 Å². The van der Waals surface area contributed by atoms with E-state index >= 15 is 0 Å². The normalized spacial score (nSPS) is 18.8. The molecule has 0 aromatic rings. The second-order valence-electron chi connectivity index (χ2n) is 4.75. The highest BCUT2D eigenvalue weighted by atomic mass is 32.2. The lowest BCUT2D eigenvalue weighted by Gasteiger charge is -2.14. The average molecular weight is 210 g/mol. The van der Waals surface area contributed by atoms with Crippen LogP contribution in [-0.4, -0.2) is 5.25 Å². The van der Waals surface area contributed by atoms with Crippen molar-refractivity contribution in [3.05, 3.63) is 22.6 Å². The van der Waals surface area contributed by atoms with Crippen LogP contribution >= 0.6 is 11.8 Å². The van der Waals surface area contributed by atoms with Crippen LogP contribution in [0.2, 0.25) is 0 Å². The van der Waals surface area contributed by atoms with Gasteiger partial charge in [0, 0.05) is 10.2 Å². The SMILES string of the molecule is CC(C)C1=CC(SC(C)C(C)C)=CC1. The first-order valence-corrected chi connectivity index (χ1v) is 6.46. The van der Waals surface area contributed by atoms with Crippen LogP contribution in [0.4, 0.5) is 0 Å². The van der Waals surface area contributed by atoms with Gasteiger partial charge in [-0.2, -0.15) is 0 Å². The zero-order chi connectivity index (χ0) is 10.7. The lowest BCUT2D eigenvalue weighted by atomic mass is 10.0. The van der Waals surface area contributed by atoms with Gasteiger partial charge in [-0.15, -0.1) is 11.8 Å². The first-order valence-electron chi connectivity index (χ1n) is 5.58.